The van der Waals surface area contributed by atoms with E-state index in [-0.39, 0.29) is 6.04 Å². The number of hydrogen-bond acceptors (Lipinski definition) is 4. The SMILES string of the molecule is O=C([C@H]1CCCN1)N1CCN(Cc2ccccn2)CC1. The molecule has 2 fully saturated rings. The van der Waals surface area contributed by atoms with Crippen LogP contribution in [0.25, 0.3) is 0 Å². The lowest BCUT2D eigenvalue weighted by atomic mass is 10.2. The van der Waals surface area contributed by atoms with Crippen molar-refractivity contribution in [2.45, 2.75) is 25.4 Å². The molecule has 0 bridgehead atoms. The highest BCUT2D eigenvalue weighted by atomic mass is 16.2. The molecule has 2 aliphatic rings. The molecule has 1 amide bonds. The molecule has 1 aromatic heterocycles. The number of amides is 1. The average molecular weight is 274 g/mol. The summed E-state index contributed by atoms with van der Waals surface area (Å²) in [5, 5.41) is 3.29. The molecule has 0 saturated carbocycles. The van der Waals surface area contributed by atoms with Gasteiger partial charge in [-0.1, -0.05) is 6.07 Å². The molecule has 2 aliphatic heterocycles. The van der Waals surface area contributed by atoms with E-state index in [1.165, 1.54) is 0 Å². The maximum atomic E-state index is 12.3. The minimum absolute atomic E-state index is 0.0670. The Morgan fingerprint density at radius 3 is 2.80 bits per heavy atom. The first kappa shape index (κ1) is 13.5. The second-order valence-electron chi connectivity index (χ2n) is 5.57. The minimum Gasteiger partial charge on any atom is -0.339 e. The second kappa shape index (κ2) is 6.33. The van der Waals surface area contributed by atoms with Gasteiger partial charge in [-0.05, 0) is 31.5 Å². The van der Waals surface area contributed by atoms with Crippen molar-refractivity contribution in [1.82, 2.24) is 20.1 Å². The summed E-state index contributed by atoms with van der Waals surface area (Å²) >= 11 is 0. The van der Waals surface area contributed by atoms with Crippen LogP contribution in [0.15, 0.2) is 24.4 Å². The fraction of sp³-hybridized carbons (Fsp3) is 0.600. The molecule has 2 saturated heterocycles. The number of carbonyl (C=O) groups excluding carboxylic acids is 1. The van der Waals surface area contributed by atoms with Gasteiger partial charge < -0.3 is 10.2 Å². The zero-order valence-electron chi connectivity index (χ0n) is 11.8. The lowest BCUT2D eigenvalue weighted by molar-refractivity contribution is -0.134. The first-order valence-electron chi connectivity index (χ1n) is 7.47. The molecule has 3 heterocycles. The molecule has 108 valence electrons. The number of nitrogens with zero attached hydrogens (tertiary/aromatic N) is 3. The van der Waals surface area contributed by atoms with Gasteiger partial charge in [-0.15, -0.1) is 0 Å². The molecular weight excluding hydrogens is 252 g/mol. The zero-order valence-corrected chi connectivity index (χ0v) is 11.8. The Bertz CT molecular complexity index is 436. The Morgan fingerprint density at radius 1 is 1.30 bits per heavy atom. The molecule has 1 atom stereocenters. The summed E-state index contributed by atoms with van der Waals surface area (Å²) < 4.78 is 0. The van der Waals surface area contributed by atoms with E-state index in [1.54, 1.807) is 0 Å². The maximum absolute atomic E-state index is 12.3. The minimum atomic E-state index is 0.0670. The van der Waals surface area contributed by atoms with E-state index in [1.807, 2.05) is 23.2 Å². The van der Waals surface area contributed by atoms with Crippen LogP contribution in [0.1, 0.15) is 18.5 Å². The zero-order chi connectivity index (χ0) is 13.8. The average Bonchev–Trinajstić information content (AvgIpc) is 3.03. The third-order valence-electron chi connectivity index (χ3n) is 4.15. The van der Waals surface area contributed by atoms with E-state index in [0.717, 1.165) is 57.8 Å². The largest absolute Gasteiger partial charge is 0.339 e. The molecule has 20 heavy (non-hydrogen) atoms. The first-order valence-corrected chi connectivity index (χ1v) is 7.47. The molecule has 1 N–H and O–H groups in total. The highest BCUT2D eigenvalue weighted by Gasteiger charge is 2.29. The van der Waals surface area contributed by atoms with Crippen LogP contribution in [-0.2, 0) is 11.3 Å². The Labute approximate surface area is 120 Å². The molecule has 0 aromatic carbocycles. The predicted molar refractivity (Wildman–Crippen MR) is 77.1 cm³/mol. The number of nitrogens with one attached hydrogen (secondary N) is 1. The molecule has 3 rings (SSSR count). The van der Waals surface area contributed by atoms with Crippen LogP contribution < -0.4 is 5.32 Å². The van der Waals surface area contributed by atoms with Gasteiger partial charge >= 0.3 is 0 Å². The van der Waals surface area contributed by atoms with Crippen molar-refractivity contribution < 1.29 is 4.79 Å². The normalized spacial score (nSPS) is 24.0. The Kier molecular flexibility index (Phi) is 4.28. The molecule has 0 spiro atoms. The van der Waals surface area contributed by atoms with Crippen LogP contribution in [0, 0.1) is 0 Å². The molecule has 5 heteroatoms. The highest BCUT2D eigenvalue weighted by Crippen LogP contribution is 2.12. The standard InChI is InChI=1S/C15H22N4O/c20-15(14-5-3-7-17-14)19-10-8-18(9-11-19)12-13-4-1-2-6-16-13/h1-2,4,6,14,17H,3,5,7-12H2/t14-/m1/s1. The lowest BCUT2D eigenvalue weighted by Crippen LogP contribution is -2.52. The Balaban J connectivity index is 1.48. The number of aromatic nitrogens is 1. The van der Waals surface area contributed by atoms with Gasteiger partial charge in [0.1, 0.15) is 0 Å². The van der Waals surface area contributed by atoms with Crippen molar-refractivity contribution >= 4 is 5.91 Å². The summed E-state index contributed by atoms with van der Waals surface area (Å²) in [5.74, 6) is 0.292. The third kappa shape index (κ3) is 3.16. The second-order valence-corrected chi connectivity index (χ2v) is 5.57. The topological polar surface area (TPSA) is 48.5 Å². The maximum Gasteiger partial charge on any atom is 0.239 e. The molecule has 1 aromatic rings. The van der Waals surface area contributed by atoms with E-state index in [9.17, 15) is 4.79 Å². The quantitative estimate of drug-likeness (QED) is 0.871. The van der Waals surface area contributed by atoms with E-state index >= 15 is 0 Å². The van der Waals surface area contributed by atoms with Crippen LogP contribution >= 0.6 is 0 Å². The highest BCUT2D eigenvalue weighted by molar-refractivity contribution is 5.82. The first-order chi connectivity index (χ1) is 9.83. The summed E-state index contributed by atoms with van der Waals surface area (Å²) in [7, 11) is 0. The van der Waals surface area contributed by atoms with Crippen molar-refractivity contribution in [3.63, 3.8) is 0 Å². The van der Waals surface area contributed by atoms with Gasteiger partial charge in [-0.3, -0.25) is 14.7 Å². The summed E-state index contributed by atoms with van der Waals surface area (Å²) in [6, 6.07) is 6.08. The number of piperazine rings is 1. The van der Waals surface area contributed by atoms with Gasteiger partial charge in [0.25, 0.3) is 0 Å². The van der Waals surface area contributed by atoms with Crippen molar-refractivity contribution in [3.05, 3.63) is 30.1 Å². The monoisotopic (exact) mass is 274 g/mol. The molecule has 0 aliphatic carbocycles. The summed E-state index contributed by atoms with van der Waals surface area (Å²) in [4.78, 5) is 21.0. The smallest absolute Gasteiger partial charge is 0.239 e. The predicted octanol–water partition coefficient (Wildman–Crippen LogP) is 0.478. The number of carbonyl (C=O) groups is 1. The van der Waals surface area contributed by atoms with Gasteiger partial charge in [-0.2, -0.15) is 0 Å². The van der Waals surface area contributed by atoms with E-state index in [0.29, 0.717) is 5.91 Å². The van der Waals surface area contributed by atoms with Crippen molar-refractivity contribution in [3.8, 4) is 0 Å². The summed E-state index contributed by atoms with van der Waals surface area (Å²) in [6.07, 6.45) is 3.95. The van der Waals surface area contributed by atoms with E-state index < -0.39 is 0 Å². The van der Waals surface area contributed by atoms with Crippen LogP contribution in [0.5, 0.6) is 0 Å². The van der Waals surface area contributed by atoms with Crippen LogP contribution in [0.2, 0.25) is 0 Å². The van der Waals surface area contributed by atoms with Gasteiger partial charge in [0.15, 0.2) is 0 Å². The molecule has 0 radical (unpaired) electrons. The van der Waals surface area contributed by atoms with Crippen LogP contribution in [0.3, 0.4) is 0 Å². The van der Waals surface area contributed by atoms with Gasteiger partial charge in [0.2, 0.25) is 5.91 Å². The van der Waals surface area contributed by atoms with Gasteiger partial charge in [0.05, 0.1) is 11.7 Å². The van der Waals surface area contributed by atoms with Gasteiger partial charge in [0, 0.05) is 38.9 Å². The van der Waals surface area contributed by atoms with E-state index in [4.69, 9.17) is 0 Å². The lowest BCUT2D eigenvalue weighted by Gasteiger charge is -2.35. The molecule has 0 unspecified atom stereocenters. The number of pyridine rings is 1. The fourth-order valence-electron chi connectivity index (χ4n) is 2.96. The van der Waals surface area contributed by atoms with Crippen molar-refractivity contribution in [1.29, 1.82) is 0 Å². The van der Waals surface area contributed by atoms with Gasteiger partial charge in [-0.25, -0.2) is 0 Å². The number of hydrogen-bond donors (Lipinski definition) is 1. The summed E-state index contributed by atoms with van der Waals surface area (Å²) in [5.41, 5.74) is 1.10. The van der Waals surface area contributed by atoms with E-state index in [2.05, 4.69) is 21.3 Å². The third-order valence-corrected chi connectivity index (χ3v) is 4.15. The van der Waals surface area contributed by atoms with Crippen LogP contribution in [0.4, 0.5) is 0 Å². The number of rotatable bonds is 3. The van der Waals surface area contributed by atoms with Crippen molar-refractivity contribution in [2.24, 2.45) is 0 Å². The Morgan fingerprint density at radius 2 is 2.15 bits per heavy atom. The Hall–Kier alpha value is -1.46. The fourth-order valence-corrected chi connectivity index (χ4v) is 2.96. The van der Waals surface area contributed by atoms with Crippen LogP contribution in [-0.4, -0.2) is 59.5 Å². The molecule has 5 nitrogen and oxygen atoms in total. The molecular formula is C15H22N4O. The summed E-state index contributed by atoms with van der Waals surface area (Å²) in [6.45, 7) is 5.42. The van der Waals surface area contributed by atoms with Crippen molar-refractivity contribution in [2.75, 3.05) is 32.7 Å².